The van der Waals surface area contributed by atoms with Crippen molar-refractivity contribution in [3.05, 3.63) is 17.7 Å². The highest BCUT2D eigenvalue weighted by Gasteiger charge is 2.36. The molecule has 7 nitrogen and oxygen atoms in total. The number of carbonyl (C=O) groups excluding carboxylic acids is 1. The molecule has 2 bridgehead atoms. The van der Waals surface area contributed by atoms with Gasteiger partial charge in [0.05, 0.1) is 32.6 Å². The van der Waals surface area contributed by atoms with Crippen LogP contribution in [0, 0.1) is 5.92 Å². The fraction of sp³-hybridized carbons (Fsp3) is 0.556. The molecule has 3 unspecified atom stereocenters. The van der Waals surface area contributed by atoms with Crippen LogP contribution >= 0.6 is 12.4 Å². The van der Waals surface area contributed by atoms with Crippen molar-refractivity contribution in [3.63, 3.8) is 0 Å². The summed E-state index contributed by atoms with van der Waals surface area (Å²) in [5.74, 6) is 1.29. The van der Waals surface area contributed by atoms with Gasteiger partial charge in [0, 0.05) is 12.6 Å². The van der Waals surface area contributed by atoms with Gasteiger partial charge in [0.1, 0.15) is 0 Å². The van der Waals surface area contributed by atoms with Gasteiger partial charge in [-0.05, 0) is 44.4 Å². The third-order valence-electron chi connectivity index (χ3n) is 5.09. The highest BCUT2D eigenvalue weighted by atomic mass is 35.5. The molecule has 3 rings (SSSR count). The fourth-order valence-electron chi connectivity index (χ4n) is 3.60. The maximum atomic E-state index is 12.4. The molecule has 2 aliphatic rings. The molecular formula is C18H25ClN2O5. The first kappa shape index (κ1) is 20.3. The van der Waals surface area contributed by atoms with Crippen LogP contribution in [0.5, 0.6) is 17.2 Å². The molecule has 144 valence electrons. The van der Waals surface area contributed by atoms with E-state index in [1.807, 2.05) is 0 Å². The zero-order valence-corrected chi connectivity index (χ0v) is 16.3. The zero-order chi connectivity index (χ0) is 18.0. The number of benzene rings is 1. The van der Waals surface area contributed by atoms with Crippen molar-refractivity contribution < 1.29 is 23.8 Å². The van der Waals surface area contributed by atoms with E-state index in [0.29, 0.717) is 34.8 Å². The van der Waals surface area contributed by atoms with Crippen molar-refractivity contribution in [1.29, 1.82) is 0 Å². The normalized spacial score (nSPS) is 25.4. The first-order valence-corrected chi connectivity index (χ1v) is 8.38. The van der Waals surface area contributed by atoms with Crippen molar-refractivity contribution in [1.82, 2.24) is 4.90 Å². The van der Waals surface area contributed by atoms with E-state index in [4.69, 9.17) is 19.0 Å². The molecule has 0 aromatic heterocycles. The predicted octanol–water partition coefficient (Wildman–Crippen LogP) is 2.76. The second-order valence-electron chi connectivity index (χ2n) is 6.41. The monoisotopic (exact) mass is 384 g/mol. The number of methoxy groups -OCH3 is 3. The Morgan fingerprint density at radius 2 is 1.81 bits per heavy atom. The number of fused-ring (bicyclic) bond motifs is 2. The molecule has 2 aliphatic heterocycles. The smallest absolute Gasteiger partial charge is 0.365 e. The van der Waals surface area contributed by atoms with Crippen LogP contribution < -0.4 is 14.2 Å². The van der Waals surface area contributed by atoms with Crippen molar-refractivity contribution in [3.8, 4) is 17.2 Å². The van der Waals surface area contributed by atoms with Gasteiger partial charge in [0.25, 0.3) is 0 Å². The molecule has 2 fully saturated rings. The van der Waals surface area contributed by atoms with Gasteiger partial charge in [0.2, 0.25) is 5.75 Å². The van der Waals surface area contributed by atoms with Crippen molar-refractivity contribution in [2.75, 3.05) is 34.4 Å². The first-order chi connectivity index (χ1) is 12.1. The Morgan fingerprint density at radius 1 is 1.15 bits per heavy atom. The maximum absolute atomic E-state index is 12.4. The van der Waals surface area contributed by atoms with E-state index in [1.54, 1.807) is 12.1 Å². The Morgan fingerprint density at radius 3 is 2.35 bits per heavy atom. The largest absolute Gasteiger partial charge is 0.493 e. The molecular weight excluding hydrogens is 360 g/mol. The van der Waals surface area contributed by atoms with Crippen LogP contribution in [0.4, 0.5) is 0 Å². The molecule has 0 saturated carbocycles. The van der Waals surface area contributed by atoms with Crippen LogP contribution in [0.1, 0.15) is 30.1 Å². The lowest BCUT2D eigenvalue weighted by Gasteiger charge is -2.30. The summed E-state index contributed by atoms with van der Waals surface area (Å²) in [5.41, 5.74) is 1.22. The number of hydrogen-bond donors (Lipinski definition) is 0. The summed E-state index contributed by atoms with van der Waals surface area (Å²) >= 11 is 0. The van der Waals surface area contributed by atoms with E-state index in [1.165, 1.54) is 27.8 Å². The van der Waals surface area contributed by atoms with E-state index in [0.717, 1.165) is 25.2 Å². The quantitative estimate of drug-likeness (QED) is 0.574. The molecule has 2 saturated heterocycles. The lowest BCUT2D eigenvalue weighted by Crippen LogP contribution is -2.40. The van der Waals surface area contributed by atoms with Gasteiger partial charge in [-0.25, -0.2) is 4.79 Å². The Bertz CT molecular complexity index is 653. The van der Waals surface area contributed by atoms with Gasteiger partial charge in [-0.15, -0.1) is 12.4 Å². The molecule has 26 heavy (non-hydrogen) atoms. The Kier molecular flexibility index (Phi) is 6.72. The van der Waals surface area contributed by atoms with Crippen LogP contribution in [0.15, 0.2) is 17.3 Å². The minimum absolute atomic E-state index is 0. The van der Waals surface area contributed by atoms with Crippen LogP contribution in [-0.4, -0.2) is 57.0 Å². The second kappa shape index (κ2) is 8.60. The third kappa shape index (κ3) is 3.88. The number of rotatable bonds is 5. The average molecular weight is 385 g/mol. The van der Waals surface area contributed by atoms with Gasteiger partial charge in [-0.3, -0.25) is 4.90 Å². The predicted molar refractivity (Wildman–Crippen MR) is 100.0 cm³/mol. The lowest BCUT2D eigenvalue weighted by molar-refractivity contribution is 0.0509. The van der Waals surface area contributed by atoms with Gasteiger partial charge in [-0.1, -0.05) is 5.16 Å². The minimum atomic E-state index is -0.548. The van der Waals surface area contributed by atoms with E-state index in [2.05, 4.69) is 17.0 Å². The summed E-state index contributed by atoms with van der Waals surface area (Å²) in [6, 6.07) is 3.70. The maximum Gasteiger partial charge on any atom is 0.365 e. The van der Waals surface area contributed by atoms with Crippen molar-refractivity contribution in [2.24, 2.45) is 11.1 Å². The van der Waals surface area contributed by atoms with Gasteiger partial charge in [0.15, 0.2) is 11.5 Å². The van der Waals surface area contributed by atoms with Crippen LogP contribution in [0.2, 0.25) is 0 Å². The Labute approximate surface area is 159 Å². The molecule has 0 aliphatic carbocycles. The number of ether oxygens (including phenoxy) is 3. The minimum Gasteiger partial charge on any atom is -0.493 e. The van der Waals surface area contributed by atoms with Crippen LogP contribution in [0.3, 0.4) is 0 Å². The van der Waals surface area contributed by atoms with Crippen molar-refractivity contribution in [2.45, 2.75) is 25.8 Å². The number of halogens is 1. The number of piperidine rings is 1. The molecule has 0 N–H and O–H groups in total. The summed E-state index contributed by atoms with van der Waals surface area (Å²) in [7, 11) is 4.51. The summed E-state index contributed by atoms with van der Waals surface area (Å²) < 4.78 is 15.8. The van der Waals surface area contributed by atoms with Gasteiger partial charge >= 0.3 is 5.97 Å². The Balaban J connectivity index is 0.00000243. The summed E-state index contributed by atoms with van der Waals surface area (Å²) in [6.45, 7) is 4.10. The second-order valence-corrected chi connectivity index (χ2v) is 6.41. The van der Waals surface area contributed by atoms with E-state index in [9.17, 15) is 4.79 Å². The number of nitrogens with zero attached hydrogens (tertiary/aromatic N) is 2. The van der Waals surface area contributed by atoms with E-state index in [-0.39, 0.29) is 12.4 Å². The van der Waals surface area contributed by atoms with Crippen molar-refractivity contribution >= 4 is 24.1 Å². The zero-order valence-electron chi connectivity index (χ0n) is 15.5. The van der Waals surface area contributed by atoms with Crippen LogP contribution in [-0.2, 0) is 4.84 Å². The number of oxime groups is 1. The standard InChI is InChI=1S/C18H24N2O5.ClH/c1-11-12-5-6-20(11)10-14(7-12)19-25-18(21)13-8-15(22-2)17(24-4)16(9-13)23-3;/h8-9,11-12H,5-7,10H2,1-4H3;1H. The third-order valence-corrected chi connectivity index (χ3v) is 5.09. The molecule has 1 aromatic carbocycles. The molecule has 0 radical (unpaired) electrons. The summed E-state index contributed by atoms with van der Waals surface area (Å²) in [4.78, 5) is 19.9. The summed E-state index contributed by atoms with van der Waals surface area (Å²) in [6.07, 6.45) is 2.07. The SMILES string of the molecule is COc1cc(C(=O)ON=C2CC3CCN(C2)C3C)cc(OC)c1OC.Cl. The number of carbonyl (C=O) groups is 1. The molecule has 3 atom stereocenters. The lowest BCUT2D eigenvalue weighted by atomic mass is 9.92. The molecule has 2 heterocycles. The average Bonchev–Trinajstić information content (AvgIpc) is 2.85. The fourth-order valence-corrected chi connectivity index (χ4v) is 3.60. The van der Waals surface area contributed by atoms with Gasteiger partial charge in [-0.2, -0.15) is 0 Å². The molecule has 8 heteroatoms. The Hall–Kier alpha value is -1.99. The molecule has 0 amide bonds. The van der Waals surface area contributed by atoms with Crippen LogP contribution in [0.25, 0.3) is 0 Å². The van der Waals surface area contributed by atoms with E-state index < -0.39 is 5.97 Å². The van der Waals surface area contributed by atoms with Gasteiger partial charge < -0.3 is 19.0 Å². The van der Waals surface area contributed by atoms with E-state index >= 15 is 0 Å². The topological polar surface area (TPSA) is 69.6 Å². The molecule has 1 aromatic rings. The highest BCUT2D eigenvalue weighted by Crippen LogP contribution is 2.38. The summed E-state index contributed by atoms with van der Waals surface area (Å²) in [5, 5.41) is 4.10. The highest BCUT2D eigenvalue weighted by molar-refractivity contribution is 5.93. The molecule has 0 spiro atoms. The first-order valence-electron chi connectivity index (χ1n) is 8.38. The number of hydrogen-bond acceptors (Lipinski definition) is 7.